The number of hydrogen-bond acceptors (Lipinski definition) is 2. The first-order chi connectivity index (χ1) is 7.65. The minimum atomic E-state index is -0.255. The summed E-state index contributed by atoms with van der Waals surface area (Å²) in [4.78, 5) is 4.36. The van der Waals surface area contributed by atoms with Crippen LogP contribution in [-0.2, 0) is 12.8 Å². The Balaban J connectivity index is 2.46. The lowest BCUT2D eigenvalue weighted by Gasteiger charge is -2.14. The number of aliphatic hydroxyl groups is 1. The highest BCUT2D eigenvalue weighted by Crippen LogP contribution is 2.13. The molecule has 2 atom stereocenters. The van der Waals surface area contributed by atoms with Gasteiger partial charge in [0.2, 0.25) is 0 Å². The third-order valence-corrected chi connectivity index (χ3v) is 3.11. The van der Waals surface area contributed by atoms with E-state index in [-0.39, 0.29) is 6.10 Å². The molecular weight excluding hydrogens is 198 g/mol. The lowest BCUT2D eigenvalue weighted by Crippen LogP contribution is -2.15. The summed E-state index contributed by atoms with van der Waals surface area (Å²) in [5.74, 6) is 0.588. The van der Waals surface area contributed by atoms with Crippen LogP contribution in [0.15, 0.2) is 18.3 Å². The molecule has 2 nitrogen and oxygen atoms in total. The highest BCUT2D eigenvalue weighted by atomic mass is 16.3. The quantitative estimate of drug-likeness (QED) is 0.801. The Labute approximate surface area is 98.7 Å². The maximum atomic E-state index is 9.89. The van der Waals surface area contributed by atoms with Crippen LogP contribution < -0.4 is 0 Å². The van der Waals surface area contributed by atoms with Gasteiger partial charge in [0, 0.05) is 18.3 Å². The molecule has 0 aromatic carbocycles. The number of aliphatic hydroxyl groups excluding tert-OH is 1. The molecule has 2 heteroatoms. The van der Waals surface area contributed by atoms with E-state index >= 15 is 0 Å². The van der Waals surface area contributed by atoms with E-state index in [1.165, 1.54) is 5.56 Å². The molecule has 0 aliphatic carbocycles. The molecular formula is C14H23NO. The topological polar surface area (TPSA) is 33.1 Å². The number of rotatable bonds is 6. The molecule has 0 saturated heterocycles. The molecule has 1 N–H and O–H groups in total. The van der Waals surface area contributed by atoms with E-state index < -0.39 is 0 Å². The Morgan fingerprint density at radius 3 is 2.56 bits per heavy atom. The lowest BCUT2D eigenvalue weighted by molar-refractivity contribution is 0.143. The SMILES string of the molecule is CCc1ccc(CC(O)CC(C)CC)nc1. The number of pyridine rings is 1. The molecule has 0 aliphatic rings. The van der Waals surface area contributed by atoms with Gasteiger partial charge in [-0.25, -0.2) is 0 Å². The molecule has 0 fully saturated rings. The Morgan fingerprint density at radius 2 is 2.06 bits per heavy atom. The molecule has 1 rings (SSSR count). The smallest absolute Gasteiger partial charge is 0.0598 e. The normalized spacial score (nSPS) is 14.8. The maximum Gasteiger partial charge on any atom is 0.0598 e. The average Bonchev–Trinajstić information content (AvgIpc) is 2.29. The van der Waals surface area contributed by atoms with Crippen molar-refractivity contribution in [3.63, 3.8) is 0 Å². The molecule has 0 amide bonds. The van der Waals surface area contributed by atoms with Crippen LogP contribution in [0, 0.1) is 5.92 Å². The summed E-state index contributed by atoms with van der Waals surface area (Å²) in [6.45, 7) is 6.46. The number of nitrogens with zero attached hydrogens (tertiary/aromatic N) is 1. The minimum Gasteiger partial charge on any atom is -0.393 e. The lowest BCUT2D eigenvalue weighted by atomic mass is 9.98. The van der Waals surface area contributed by atoms with Gasteiger partial charge in [0.05, 0.1) is 6.10 Å². The molecule has 0 saturated carbocycles. The van der Waals surface area contributed by atoms with E-state index in [0.29, 0.717) is 12.3 Å². The predicted octanol–water partition coefficient (Wildman–Crippen LogP) is 2.98. The van der Waals surface area contributed by atoms with E-state index in [4.69, 9.17) is 0 Å². The van der Waals surface area contributed by atoms with E-state index in [0.717, 1.165) is 25.0 Å². The minimum absolute atomic E-state index is 0.255. The summed E-state index contributed by atoms with van der Waals surface area (Å²) < 4.78 is 0. The van der Waals surface area contributed by atoms with Gasteiger partial charge in [-0.2, -0.15) is 0 Å². The van der Waals surface area contributed by atoms with Gasteiger partial charge in [0.1, 0.15) is 0 Å². The molecule has 2 unspecified atom stereocenters. The third kappa shape index (κ3) is 4.31. The molecule has 90 valence electrons. The second-order valence-corrected chi connectivity index (χ2v) is 4.62. The van der Waals surface area contributed by atoms with Crippen LogP contribution in [0.1, 0.15) is 44.9 Å². The van der Waals surface area contributed by atoms with Crippen molar-refractivity contribution in [2.75, 3.05) is 0 Å². The number of aromatic nitrogens is 1. The van der Waals surface area contributed by atoms with Crippen molar-refractivity contribution < 1.29 is 5.11 Å². The van der Waals surface area contributed by atoms with Crippen molar-refractivity contribution in [1.29, 1.82) is 0 Å². The molecule has 1 heterocycles. The van der Waals surface area contributed by atoms with Crippen molar-refractivity contribution >= 4 is 0 Å². The second kappa shape index (κ2) is 6.64. The zero-order valence-electron chi connectivity index (χ0n) is 10.6. The van der Waals surface area contributed by atoms with Gasteiger partial charge in [-0.15, -0.1) is 0 Å². The maximum absolute atomic E-state index is 9.89. The fourth-order valence-electron chi connectivity index (χ4n) is 1.74. The predicted molar refractivity (Wildman–Crippen MR) is 67.4 cm³/mol. The van der Waals surface area contributed by atoms with Crippen molar-refractivity contribution in [2.24, 2.45) is 5.92 Å². The summed E-state index contributed by atoms with van der Waals surface area (Å²) in [6.07, 6.45) is 5.34. The van der Waals surface area contributed by atoms with E-state index in [1.807, 2.05) is 12.3 Å². The molecule has 0 aliphatic heterocycles. The van der Waals surface area contributed by atoms with Crippen LogP contribution in [0.2, 0.25) is 0 Å². The fourth-order valence-corrected chi connectivity index (χ4v) is 1.74. The summed E-state index contributed by atoms with van der Waals surface area (Å²) in [7, 11) is 0. The molecule has 0 radical (unpaired) electrons. The third-order valence-electron chi connectivity index (χ3n) is 3.11. The number of hydrogen-bond donors (Lipinski definition) is 1. The van der Waals surface area contributed by atoms with Crippen molar-refractivity contribution in [3.8, 4) is 0 Å². The molecule has 0 bridgehead atoms. The Bertz CT molecular complexity index is 294. The monoisotopic (exact) mass is 221 g/mol. The molecule has 1 aromatic heterocycles. The van der Waals surface area contributed by atoms with Crippen molar-refractivity contribution in [1.82, 2.24) is 4.98 Å². The average molecular weight is 221 g/mol. The van der Waals surface area contributed by atoms with Crippen molar-refractivity contribution in [3.05, 3.63) is 29.6 Å². The molecule has 1 aromatic rings. The first kappa shape index (κ1) is 13.2. The van der Waals surface area contributed by atoms with Gasteiger partial charge < -0.3 is 5.11 Å². The standard InChI is InChI=1S/C14H23NO/c1-4-11(3)8-14(16)9-13-7-6-12(5-2)10-15-13/h6-7,10-11,14,16H,4-5,8-9H2,1-3H3. The van der Waals surface area contributed by atoms with Gasteiger partial charge in [0.25, 0.3) is 0 Å². The second-order valence-electron chi connectivity index (χ2n) is 4.62. The van der Waals surface area contributed by atoms with Crippen LogP contribution >= 0.6 is 0 Å². The number of aryl methyl sites for hydroxylation is 1. The summed E-state index contributed by atoms with van der Waals surface area (Å²) in [5.41, 5.74) is 2.24. The fraction of sp³-hybridized carbons (Fsp3) is 0.643. The summed E-state index contributed by atoms with van der Waals surface area (Å²) in [6, 6.07) is 4.12. The highest BCUT2D eigenvalue weighted by Gasteiger charge is 2.10. The van der Waals surface area contributed by atoms with Gasteiger partial charge in [0.15, 0.2) is 0 Å². The van der Waals surface area contributed by atoms with Crippen LogP contribution in [0.3, 0.4) is 0 Å². The Morgan fingerprint density at radius 1 is 1.31 bits per heavy atom. The Kier molecular flexibility index (Phi) is 5.47. The highest BCUT2D eigenvalue weighted by molar-refractivity contribution is 5.14. The molecule has 16 heavy (non-hydrogen) atoms. The van der Waals surface area contributed by atoms with Crippen LogP contribution in [0.5, 0.6) is 0 Å². The molecule has 0 spiro atoms. The van der Waals surface area contributed by atoms with Gasteiger partial charge in [-0.05, 0) is 30.4 Å². The van der Waals surface area contributed by atoms with E-state index in [9.17, 15) is 5.11 Å². The van der Waals surface area contributed by atoms with Crippen LogP contribution in [-0.4, -0.2) is 16.2 Å². The zero-order chi connectivity index (χ0) is 12.0. The summed E-state index contributed by atoms with van der Waals surface area (Å²) >= 11 is 0. The first-order valence-electron chi connectivity index (χ1n) is 6.27. The van der Waals surface area contributed by atoms with Gasteiger partial charge in [-0.3, -0.25) is 4.98 Å². The van der Waals surface area contributed by atoms with Crippen LogP contribution in [0.25, 0.3) is 0 Å². The van der Waals surface area contributed by atoms with E-state index in [1.54, 1.807) is 0 Å². The van der Waals surface area contributed by atoms with Crippen molar-refractivity contribution in [2.45, 2.75) is 52.6 Å². The largest absolute Gasteiger partial charge is 0.393 e. The van der Waals surface area contributed by atoms with E-state index in [2.05, 4.69) is 31.8 Å². The van der Waals surface area contributed by atoms with Gasteiger partial charge >= 0.3 is 0 Å². The van der Waals surface area contributed by atoms with Gasteiger partial charge in [-0.1, -0.05) is 33.3 Å². The van der Waals surface area contributed by atoms with Crippen LogP contribution in [0.4, 0.5) is 0 Å². The Hall–Kier alpha value is -0.890. The summed E-state index contributed by atoms with van der Waals surface area (Å²) in [5, 5.41) is 9.89. The zero-order valence-corrected chi connectivity index (χ0v) is 10.6. The first-order valence-corrected chi connectivity index (χ1v) is 6.27.